The molecule has 2 aliphatic carbocycles. The summed E-state index contributed by atoms with van der Waals surface area (Å²) >= 11 is 0. The molecule has 0 radical (unpaired) electrons. The van der Waals surface area contributed by atoms with Crippen LogP contribution in [0.5, 0.6) is 0 Å². The van der Waals surface area contributed by atoms with E-state index in [9.17, 15) is 14.7 Å². The second-order valence-electron chi connectivity index (χ2n) is 8.48. The highest BCUT2D eigenvalue weighted by Gasteiger charge is 2.39. The van der Waals surface area contributed by atoms with Gasteiger partial charge in [0.25, 0.3) is 0 Å². The van der Waals surface area contributed by atoms with E-state index in [1.54, 1.807) is 0 Å². The minimum absolute atomic E-state index is 0.0217. The van der Waals surface area contributed by atoms with Crippen molar-refractivity contribution in [3.8, 4) is 11.1 Å². The van der Waals surface area contributed by atoms with Gasteiger partial charge in [-0.05, 0) is 60.4 Å². The van der Waals surface area contributed by atoms with Crippen LogP contribution in [0.25, 0.3) is 11.1 Å². The van der Waals surface area contributed by atoms with Gasteiger partial charge in [-0.25, -0.2) is 4.79 Å². The van der Waals surface area contributed by atoms with Gasteiger partial charge in [0.15, 0.2) is 0 Å². The molecule has 30 heavy (non-hydrogen) atoms. The highest BCUT2D eigenvalue weighted by Crippen LogP contribution is 2.44. The number of carboxylic acids is 1. The lowest BCUT2D eigenvalue weighted by atomic mass is 9.74. The summed E-state index contributed by atoms with van der Waals surface area (Å²) in [6.45, 7) is 0.808. The van der Waals surface area contributed by atoms with Gasteiger partial charge in [0.1, 0.15) is 6.61 Å². The highest BCUT2D eigenvalue weighted by molar-refractivity contribution is 5.79. The van der Waals surface area contributed by atoms with Crippen molar-refractivity contribution >= 4 is 12.1 Å². The molecule has 0 spiro atoms. The summed E-state index contributed by atoms with van der Waals surface area (Å²) in [5.41, 5.74) is 9.64. The summed E-state index contributed by atoms with van der Waals surface area (Å²) < 4.78 is 5.63. The van der Waals surface area contributed by atoms with Gasteiger partial charge in [-0.3, -0.25) is 4.79 Å². The fourth-order valence-corrected chi connectivity index (χ4v) is 4.95. The fraction of sp³-hybridized carbons (Fsp3) is 0.417. The van der Waals surface area contributed by atoms with Crippen molar-refractivity contribution in [3.05, 3.63) is 59.7 Å². The Bertz CT molecular complexity index is 889. The molecule has 0 aliphatic heterocycles. The normalized spacial score (nSPS) is 22.8. The van der Waals surface area contributed by atoms with Crippen molar-refractivity contribution in [2.45, 2.75) is 43.6 Å². The number of ether oxygens (including phenoxy) is 1. The summed E-state index contributed by atoms with van der Waals surface area (Å²) in [6, 6.07) is 16.3. The summed E-state index contributed by atoms with van der Waals surface area (Å²) in [5, 5.41) is 12.3. The van der Waals surface area contributed by atoms with Crippen molar-refractivity contribution in [2.24, 2.45) is 11.7 Å². The van der Waals surface area contributed by atoms with E-state index in [-0.39, 0.29) is 18.9 Å². The predicted molar refractivity (Wildman–Crippen MR) is 114 cm³/mol. The molecule has 158 valence electrons. The van der Waals surface area contributed by atoms with Crippen LogP contribution in [0.3, 0.4) is 0 Å². The van der Waals surface area contributed by atoms with E-state index in [2.05, 4.69) is 29.6 Å². The Labute approximate surface area is 176 Å². The number of amides is 1. The first-order valence-corrected chi connectivity index (χ1v) is 10.6. The monoisotopic (exact) mass is 408 g/mol. The maximum absolute atomic E-state index is 12.7. The molecule has 0 heterocycles. The minimum atomic E-state index is -0.917. The number of rotatable bonds is 6. The Balaban J connectivity index is 1.45. The Morgan fingerprint density at radius 1 is 1.03 bits per heavy atom. The molecule has 6 heteroatoms. The number of aliphatic carboxylic acids is 1. The number of hydrogen-bond donors (Lipinski definition) is 3. The van der Waals surface area contributed by atoms with Gasteiger partial charge < -0.3 is 20.9 Å². The highest BCUT2D eigenvalue weighted by atomic mass is 16.5. The molecule has 1 amide bonds. The van der Waals surface area contributed by atoms with Crippen molar-refractivity contribution < 1.29 is 19.4 Å². The lowest BCUT2D eigenvalue weighted by molar-refractivity contribution is -0.139. The summed E-state index contributed by atoms with van der Waals surface area (Å²) in [7, 11) is 0. The lowest BCUT2D eigenvalue weighted by Gasteiger charge is -2.39. The van der Waals surface area contributed by atoms with Crippen LogP contribution in [0.15, 0.2) is 48.5 Å². The van der Waals surface area contributed by atoms with Crippen LogP contribution >= 0.6 is 0 Å². The molecule has 1 saturated carbocycles. The largest absolute Gasteiger partial charge is 0.481 e. The minimum Gasteiger partial charge on any atom is -0.481 e. The molecule has 0 unspecified atom stereocenters. The average molecular weight is 408 g/mol. The number of benzene rings is 2. The van der Waals surface area contributed by atoms with Gasteiger partial charge in [-0.15, -0.1) is 0 Å². The summed E-state index contributed by atoms with van der Waals surface area (Å²) in [5.74, 6) is -0.553. The second-order valence-corrected chi connectivity index (χ2v) is 8.48. The van der Waals surface area contributed by atoms with Crippen LogP contribution in [0.4, 0.5) is 4.79 Å². The first kappa shape index (κ1) is 20.4. The van der Waals surface area contributed by atoms with Crippen LogP contribution in [-0.4, -0.2) is 35.9 Å². The van der Waals surface area contributed by atoms with Gasteiger partial charge in [-0.1, -0.05) is 48.5 Å². The molecule has 4 rings (SSSR count). The third-order valence-electron chi connectivity index (χ3n) is 6.60. The third kappa shape index (κ3) is 4.05. The van der Waals surface area contributed by atoms with E-state index < -0.39 is 17.6 Å². The molecule has 2 aliphatic rings. The van der Waals surface area contributed by atoms with Crippen LogP contribution in [0.1, 0.15) is 49.1 Å². The zero-order chi connectivity index (χ0) is 21.1. The number of hydrogen-bond acceptors (Lipinski definition) is 4. The fourth-order valence-electron chi connectivity index (χ4n) is 4.95. The first-order valence-electron chi connectivity index (χ1n) is 10.6. The van der Waals surface area contributed by atoms with E-state index in [0.717, 1.165) is 24.0 Å². The van der Waals surface area contributed by atoms with E-state index in [4.69, 9.17) is 10.5 Å². The zero-order valence-electron chi connectivity index (χ0n) is 17.0. The van der Waals surface area contributed by atoms with Crippen molar-refractivity contribution in [1.29, 1.82) is 0 Å². The molecule has 1 fully saturated rings. The van der Waals surface area contributed by atoms with Crippen molar-refractivity contribution in [3.63, 3.8) is 0 Å². The van der Waals surface area contributed by atoms with Gasteiger partial charge in [0.05, 0.1) is 12.0 Å². The third-order valence-corrected chi connectivity index (χ3v) is 6.60. The number of fused-ring (bicyclic) bond motifs is 3. The Kier molecular flexibility index (Phi) is 5.77. The predicted octanol–water partition coefficient (Wildman–Crippen LogP) is 3.89. The van der Waals surface area contributed by atoms with Crippen molar-refractivity contribution in [2.75, 3.05) is 13.2 Å². The molecule has 2 aromatic rings. The van der Waals surface area contributed by atoms with Gasteiger partial charge in [-0.2, -0.15) is 0 Å². The summed E-state index contributed by atoms with van der Waals surface area (Å²) in [4.78, 5) is 24.1. The quantitative estimate of drug-likeness (QED) is 0.673. The Morgan fingerprint density at radius 2 is 1.60 bits per heavy atom. The number of carbonyl (C=O) groups is 2. The molecule has 0 atom stereocenters. The maximum atomic E-state index is 12.7. The zero-order valence-corrected chi connectivity index (χ0v) is 17.0. The lowest BCUT2D eigenvalue weighted by Crippen LogP contribution is -2.52. The molecule has 6 nitrogen and oxygen atoms in total. The van der Waals surface area contributed by atoms with Crippen LogP contribution in [0, 0.1) is 5.92 Å². The van der Waals surface area contributed by atoms with E-state index in [1.807, 2.05) is 24.3 Å². The standard InChI is InChI=1S/C24H28N2O4/c25-14-16-9-11-24(12-10-16,13-22(27)28)26-23(29)30-15-21-19-7-3-1-5-17(19)18-6-2-4-8-20(18)21/h1-8,16,21H,9-15,25H2,(H,26,29)(H,27,28). The molecule has 2 aromatic carbocycles. The van der Waals surface area contributed by atoms with Crippen molar-refractivity contribution in [1.82, 2.24) is 5.32 Å². The van der Waals surface area contributed by atoms with Crippen LogP contribution in [-0.2, 0) is 9.53 Å². The first-order chi connectivity index (χ1) is 14.5. The number of carbonyl (C=O) groups excluding carboxylic acids is 1. The van der Waals surface area contributed by atoms with Gasteiger partial charge >= 0.3 is 12.1 Å². The number of carboxylic acid groups (broad SMARTS) is 1. The van der Waals surface area contributed by atoms with E-state index in [1.165, 1.54) is 11.1 Å². The molecule has 0 aromatic heterocycles. The maximum Gasteiger partial charge on any atom is 0.407 e. The second kappa shape index (κ2) is 8.48. The number of nitrogens with one attached hydrogen (secondary N) is 1. The molecule has 0 bridgehead atoms. The number of nitrogens with two attached hydrogens (primary N) is 1. The summed E-state index contributed by atoms with van der Waals surface area (Å²) in [6.07, 6.45) is 2.18. The van der Waals surface area contributed by atoms with Crippen LogP contribution in [0.2, 0.25) is 0 Å². The topological polar surface area (TPSA) is 102 Å². The molecule has 4 N–H and O–H groups in total. The van der Waals surface area contributed by atoms with Gasteiger partial charge in [0.2, 0.25) is 0 Å². The molecular formula is C24H28N2O4. The average Bonchev–Trinajstić information content (AvgIpc) is 3.06. The molecule has 0 saturated heterocycles. The number of alkyl carbamates (subject to hydrolysis) is 1. The van der Waals surface area contributed by atoms with Crippen LogP contribution < -0.4 is 11.1 Å². The Hall–Kier alpha value is -2.86. The molecular weight excluding hydrogens is 380 g/mol. The smallest absolute Gasteiger partial charge is 0.407 e. The Morgan fingerprint density at radius 3 is 2.13 bits per heavy atom. The van der Waals surface area contributed by atoms with E-state index in [0.29, 0.717) is 25.3 Å². The van der Waals surface area contributed by atoms with Gasteiger partial charge in [0, 0.05) is 5.92 Å². The van der Waals surface area contributed by atoms with E-state index >= 15 is 0 Å². The SMILES string of the molecule is NCC1CCC(CC(=O)O)(NC(=O)OCC2c3ccccc3-c3ccccc32)CC1.